The molecule has 0 saturated heterocycles. The number of nitrogens with zero attached hydrogens (tertiary/aromatic N) is 1. The van der Waals surface area contributed by atoms with Crippen LogP contribution in [0.4, 0.5) is 4.79 Å². The van der Waals surface area contributed by atoms with Crippen LogP contribution in [-0.4, -0.2) is 42.1 Å². The summed E-state index contributed by atoms with van der Waals surface area (Å²) in [4.78, 5) is 13.6. The van der Waals surface area contributed by atoms with E-state index in [2.05, 4.69) is 5.32 Å². The summed E-state index contributed by atoms with van der Waals surface area (Å²) in [6.45, 7) is 8.92. The molecule has 3 unspecified atom stereocenters. The maximum Gasteiger partial charge on any atom is 0.317 e. The molecule has 0 aliphatic heterocycles. The van der Waals surface area contributed by atoms with Crippen molar-refractivity contribution in [2.24, 2.45) is 11.5 Å². The number of hydrogen-bond donors (Lipinski definition) is 3. The zero-order chi connectivity index (χ0) is 12.7. The maximum absolute atomic E-state index is 11.8. The van der Waals surface area contributed by atoms with E-state index < -0.39 is 0 Å². The summed E-state index contributed by atoms with van der Waals surface area (Å²) < 4.78 is 0. The molecule has 0 bridgehead atoms. The smallest absolute Gasteiger partial charge is 0.317 e. The first-order valence-electron chi connectivity index (χ1n) is 5.94. The van der Waals surface area contributed by atoms with Crippen LogP contribution in [0.1, 0.15) is 34.1 Å². The molecule has 0 aliphatic carbocycles. The molecule has 5 nitrogen and oxygen atoms in total. The number of carbonyl (C=O) groups excluding carboxylic acids is 1. The van der Waals surface area contributed by atoms with Gasteiger partial charge in [-0.3, -0.25) is 0 Å². The van der Waals surface area contributed by atoms with Crippen molar-refractivity contribution in [3.05, 3.63) is 0 Å². The second-order valence-electron chi connectivity index (χ2n) is 4.53. The van der Waals surface area contributed by atoms with E-state index in [0.29, 0.717) is 13.1 Å². The average molecular weight is 230 g/mol. The van der Waals surface area contributed by atoms with Gasteiger partial charge in [0.05, 0.1) is 0 Å². The molecule has 16 heavy (non-hydrogen) atoms. The molecule has 0 aromatic carbocycles. The van der Waals surface area contributed by atoms with Crippen molar-refractivity contribution in [2.45, 2.75) is 52.2 Å². The third kappa shape index (κ3) is 5.92. The fourth-order valence-electron chi connectivity index (χ4n) is 1.69. The molecular weight excluding hydrogens is 204 g/mol. The predicted octanol–water partition coefficient (Wildman–Crippen LogP) is 0.491. The predicted molar refractivity (Wildman–Crippen MR) is 67.2 cm³/mol. The van der Waals surface area contributed by atoms with Crippen molar-refractivity contribution in [3.63, 3.8) is 0 Å². The summed E-state index contributed by atoms with van der Waals surface area (Å²) in [5, 5.41) is 2.80. The normalized spacial score (nSPS) is 16.4. The standard InChI is InChI=1S/C11H26N4O/c1-5-14-11(16)15(7-9(3)13)10(4)6-8(2)12/h8-10H,5-7,12-13H2,1-4H3,(H,14,16). The molecule has 0 fully saturated rings. The Morgan fingerprint density at radius 2 is 1.81 bits per heavy atom. The van der Waals surface area contributed by atoms with E-state index in [0.717, 1.165) is 6.42 Å². The Balaban J connectivity index is 4.45. The first-order chi connectivity index (χ1) is 7.38. The van der Waals surface area contributed by atoms with Crippen molar-refractivity contribution in [2.75, 3.05) is 13.1 Å². The van der Waals surface area contributed by atoms with Gasteiger partial charge in [0.1, 0.15) is 0 Å². The quantitative estimate of drug-likeness (QED) is 0.621. The number of urea groups is 1. The molecule has 0 aromatic rings. The van der Waals surface area contributed by atoms with Crippen LogP contribution in [0.2, 0.25) is 0 Å². The topological polar surface area (TPSA) is 84.4 Å². The third-order valence-electron chi connectivity index (χ3n) is 2.32. The van der Waals surface area contributed by atoms with Crippen LogP contribution in [0.25, 0.3) is 0 Å². The number of rotatable bonds is 6. The fourth-order valence-corrected chi connectivity index (χ4v) is 1.69. The molecule has 3 atom stereocenters. The van der Waals surface area contributed by atoms with Crippen LogP contribution >= 0.6 is 0 Å². The first-order valence-corrected chi connectivity index (χ1v) is 5.94. The minimum Gasteiger partial charge on any atom is -0.338 e. The van der Waals surface area contributed by atoms with E-state index in [1.54, 1.807) is 4.90 Å². The summed E-state index contributed by atoms with van der Waals surface area (Å²) in [6, 6.07) is 0.101. The van der Waals surface area contributed by atoms with Crippen LogP contribution in [0.5, 0.6) is 0 Å². The second kappa shape index (κ2) is 7.46. The monoisotopic (exact) mass is 230 g/mol. The molecule has 0 saturated carbocycles. The molecule has 2 amide bonds. The van der Waals surface area contributed by atoms with E-state index in [1.165, 1.54) is 0 Å². The molecule has 0 heterocycles. The van der Waals surface area contributed by atoms with Gasteiger partial charge in [-0.25, -0.2) is 4.79 Å². The summed E-state index contributed by atoms with van der Waals surface area (Å²) >= 11 is 0. The average Bonchev–Trinajstić information content (AvgIpc) is 2.12. The molecular formula is C11H26N4O. The Labute approximate surface area is 98.5 Å². The van der Waals surface area contributed by atoms with E-state index in [-0.39, 0.29) is 24.2 Å². The Kier molecular flexibility index (Phi) is 7.08. The van der Waals surface area contributed by atoms with Gasteiger partial charge in [-0.2, -0.15) is 0 Å². The molecule has 0 spiro atoms. The van der Waals surface area contributed by atoms with Gasteiger partial charge < -0.3 is 21.7 Å². The van der Waals surface area contributed by atoms with Gasteiger partial charge in [0.25, 0.3) is 0 Å². The summed E-state index contributed by atoms with van der Waals surface area (Å²) in [5.74, 6) is 0. The van der Waals surface area contributed by atoms with Crippen LogP contribution in [0, 0.1) is 0 Å². The summed E-state index contributed by atoms with van der Waals surface area (Å²) in [7, 11) is 0. The zero-order valence-corrected chi connectivity index (χ0v) is 10.9. The molecule has 0 radical (unpaired) electrons. The summed E-state index contributed by atoms with van der Waals surface area (Å²) in [5.41, 5.74) is 11.5. The minimum atomic E-state index is -0.0621. The van der Waals surface area contributed by atoms with Gasteiger partial charge in [0.2, 0.25) is 0 Å². The Morgan fingerprint density at radius 1 is 1.25 bits per heavy atom. The highest BCUT2D eigenvalue weighted by atomic mass is 16.2. The van der Waals surface area contributed by atoms with Crippen molar-refractivity contribution >= 4 is 6.03 Å². The van der Waals surface area contributed by atoms with E-state index in [9.17, 15) is 4.79 Å². The lowest BCUT2D eigenvalue weighted by Gasteiger charge is -2.31. The number of hydrogen-bond acceptors (Lipinski definition) is 3. The van der Waals surface area contributed by atoms with Crippen LogP contribution in [0.3, 0.4) is 0 Å². The van der Waals surface area contributed by atoms with Crippen molar-refractivity contribution < 1.29 is 4.79 Å². The van der Waals surface area contributed by atoms with E-state index >= 15 is 0 Å². The molecule has 5 heteroatoms. The Morgan fingerprint density at radius 3 is 2.19 bits per heavy atom. The highest BCUT2D eigenvalue weighted by Crippen LogP contribution is 2.07. The fraction of sp³-hybridized carbons (Fsp3) is 0.909. The van der Waals surface area contributed by atoms with Gasteiger partial charge in [0.15, 0.2) is 0 Å². The van der Waals surface area contributed by atoms with Crippen LogP contribution in [0.15, 0.2) is 0 Å². The first kappa shape index (κ1) is 15.2. The number of amides is 2. The highest BCUT2D eigenvalue weighted by Gasteiger charge is 2.21. The van der Waals surface area contributed by atoms with Crippen molar-refractivity contribution in [3.8, 4) is 0 Å². The SMILES string of the molecule is CCNC(=O)N(CC(C)N)C(C)CC(C)N. The van der Waals surface area contributed by atoms with Crippen molar-refractivity contribution in [1.82, 2.24) is 10.2 Å². The highest BCUT2D eigenvalue weighted by molar-refractivity contribution is 5.74. The third-order valence-corrected chi connectivity index (χ3v) is 2.32. The van der Waals surface area contributed by atoms with Gasteiger partial charge >= 0.3 is 6.03 Å². The lowest BCUT2D eigenvalue weighted by molar-refractivity contribution is 0.170. The van der Waals surface area contributed by atoms with Crippen molar-refractivity contribution in [1.29, 1.82) is 0 Å². The van der Waals surface area contributed by atoms with Crippen LogP contribution < -0.4 is 16.8 Å². The minimum absolute atomic E-state index is 0.0295. The molecule has 5 N–H and O–H groups in total. The lowest BCUT2D eigenvalue weighted by atomic mass is 10.1. The van der Waals surface area contributed by atoms with Crippen LogP contribution in [-0.2, 0) is 0 Å². The maximum atomic E-state index is 11.8. The second-order valence-corrected chi connectivity index (χ2v) is 4.53. The van der Waals surface area contributed by atoms with Gasteiger partial charge in [0, 0.05) is 31.2 Å². The lowest BCUT2D eigenvalue weighted by Crippen LogP contribution is -2.50. The Hall–Kier alpha value is -0.810. The van der Waals surface area contributed by atoms with E-state index in [1.807, 2.05) is 27.7 Å². The largest absolute Gasteiger partial charge is 0.338 e. The molecule has 96 valence electrons. The molecule has 0 aromatic heterocycles. The van der Waals surface area contributed by atoms with E-state index in [4.69, 9.17) is 11.5 Å². The summed E-state index contributed by atoms with van der Waals surface area (Å²) in [6.07, 6.45) is 0.782. The molecule has 0 aliphatic rings. The zero-order valence-electron chi connectivity index (χ0n) is 10.9. The number of carbonyl (C=O) groups is 1. The Bertz CT molecular complexity index is 206. The van der Waals surface area contributed by atoms with Gasteiger partial charge in [-0.1, -0.05) is 0 Å². The molecule has 0 rings (SSSR count). The number of nitrogens with one attached hydrogen (secondary N) is 1. The number of nitrogens with two attached hydrogens (primary N) is 2. The van der Waals surface area contributed by atoms with Gasteiger partial charge in [-0.05, 0) is 34.1 Å². The van der Waals surface area contributed by atoms with Gasteiger partial charge in [-0.15, -0.1) is 0 Å².